The third-order valence-corrected chi connectivity index (χ3v) is 5.08. The standard InChI is InChI=1S/C19H21ClN4O3/c1-26-15-4-5-21-18(13-15)22-6-8-23(9-7-22)19(25)24-10-11-27-17-12-14(20)2-3-16(17)24/h2-5,12-13H,6-11H2,1H3. The molecule has 1 aromatic heterocycles. The number of hydrogen-bond donors (Lipinski definition) is 0. The highest BCUT2D eigenvalue weighted by Crippen LogP contribution is 2.34. The molecule has 0 N–H and O–H groups in total. The number of carbonyl (C=O) groups is 1. The minimum atomic E-state index is 0.000115. The number of halogens is 1. The van der Waals surface area contributed by atoms with E-state index < -0.39 is 0 Å². The van der Waals surface area contributed by atoms with Crippen molar-refractivity contribution in [1.29, 1.82) is 0 Å². The molecule has 2 aromatic rings. The van der Waals surface area contributed by atoms with E-state index in [-0.39, 0.29) is 6.03 Å². The van der Waals surface area contributed by atoms with Crippen molar-refractivity contribution in [1.82, 2.24) is 9.88 Å². The molecule has 27 heavy (non-hydrogen) atoms. The Morgan fingerprint density at radius 3 is 2.74 bits per heavy atom. The van der Waals surface area contributed by atoms with Gasteiger partial charge in [-0.25, -0.2) is 9.78 Å². The van der Waals surface area contributed by atoms with Crippen LogP contribution >= 0.6 is 11.6 Å². The Kier molecular flexibility index (Phi) is 4.94. The first-order valence-corrected chi connectivity index (χ1v) is 9.27. The number of benzene rings is 1. The van der Waals surface area contributed by atoms with Crippen LogP contribution in [-0.4, -0.2) is 62.4 Å². The molecule has 7 nitrogen and oxygen atoms in total. The number of urea groups is 1. The van der Waals surface area contributed by atoms with E-state index in [9.17, 15) is 4.79 Å². The maximum absolute atomic E-state index is 13.1. The van der Waals surface area contributed by atoms with Gasteiger partial charge in [0, 0.05) is 49.5 Å². The average Bonchev–Trinajstić information content (AvgIpc) is 2.72. The van der Waals surface area contributed by atoms with Crippen molar-refractivity contribution >= 4 is 29.1 Å². The van der Waals surface area contributed by atoms with Crippen molar-refractivity contribution in [2.24, 2.45) is 0 Å². The third-order valence-electron chi connectivity index (χ3n) is 4.84. The zero-order valence-electron chi connectivity index (χ0n) is 15.1. The summed E-state index contributed by atoms with van der Waals surface area (Å²) < 4.78 is 10.9. The van der Waals surface area contributed by atoms with Crippen molar-refractivity contribution in [2.45, 2.75) is 0 Å². The SMILES string of the molecule is COc1ccnc(N2CCN(C(=O)N3CCOc4cc(Cl)ccc43)CC2)c1. The van der Waals surface area contributed by atoms with Gasteiger partial charge in [0.15, 0.2) is 0 Å². The molecule has 0 unspecified atom stereocenters. The monoisotopic (exact) mass is 388 g/mol. The van der Waals surface area contributed by atoms with Gasteiger partial charge in [-0.15, -0.1) is 0 Å². The lowest BCUT2D eigenvalue weighted by Gasteiger charge is -2.39. The van der Waals surface area contributed by atoms with Crippen molar-refractivity contribution in [3.63, 3.8) is 0 Å². The van der Waals surface area contributed by atoms with Gasteiger partial charge < -0.3 is 19.3 Å². The Balaban J connectivity index is 1.44. The molecular formula is C19H21ClN4O3. The number of rotatable bonds is 2. The fraction of sp³-hybridized carbons (Fsp3) is 0.368. The van der Waals surface area contributed by atoms with Crippen molar-refractivity contribution < 1.29 is 14.3 Å². The summed E-state index contributed by atoms with van der Waals surface area (Å²) in [6.07, 6.45) is 1.74. The lowest BCUT2D eigenvalue weighted by molar-refractivity contribution is 0.196. The number of pyridine rings is 1. The number of aromatic nitrogens is 1. The van der Waals surface area contributed by atoms with E-state index in [0.717, 1.165) is 30.3 Å². The Morgan fingerprint density at radius 2 is 1.96 bits per heavy atom. The van der Waals surface area contributed by atoms with Crippen molar-refractivity contribution in [3.8, 4) is 11.5 Å². The number of nitrogens with zero attached hydrogens (tertiary/aromatic N) is 4. The molecule has 0 bridgehead atoms. The molecule has 2 amide bonds. The lowest BCUT2D eigenvalue weighted by Crippen LogP contribution is -2.54. The first-order valence-electron chi connectivity index (χ1n) is 8.89. The van der Waals surface area contributed by atoms with Crippen LogP contribution in [0.3, 0.4) is 0 Å². The number of fused-ring (bicyclic) bond motifs is 1. The molecule has 0 spiro atoms. The van der Waals surface area contributed by atoms with Crippen LogP contribution in [0, 0.1) is 0 Å². The molecule has 2 aliphatic rings. The van der Waals surface area contributed by atoms with Crippen LogP contribution in [0.15, 0.2) is 36.5 Å². The molecule has 1 fully saturated rings. The molecule has 3 heterocycles. The van der Waals surface area contributed by atoms with Crippen molar-refractivity contribution in [2.75, 3.05) is 56.2 Å². The minimum absolute atomic E-state index is 0.000115. The third kappa shape index (κ3) is 3.60. The quantitative estimate of drug-likeness (QED) is 0.791. The van der Waals surface area contributed by atoms with Crippen molar-refractivity contribution in [3.05, 3.63) is 41.6 Å². The largest absolute Gasteiger partial charge is 0.497 e. The molecule has 0 saturated carbocycles. The summed E-state index contributed by atoms with van der Waals surface area (Å²) in [5.74, 6) is 2.30. The number of anilines is 2. The molecule has 4 rings (SSSR count). The second-order valence-corrected chi connectivity index (χ2v) is 6.86. The minimum Gasteiger partial charge on any atom is -0.497 e. The van der Waals surface area contributed by atoms with Crippen LogP contribution in [0.2, 0.25) is 5.02 Å². The molecule has 2 aliphatic heterocycles. The molecular weight excluding hydrogens is 368 g/mol. The smallest absolute Gasteiger partial charge is 0.324 e. The Labute approximate surface area is 163 Å². The van der Waals surface area contributed by atoms with Gasteiger partial charge in [0.1, 0.15) is 23.9 Å². The van der Waals surface area contributed by atoms with Crippen LogP contribution in [0.25, 0.3) is 0 Å². The van der Waals surface area contributed by atoms with E-state index in [1.54, 1.807) is 30.3 Å². The van der Waals surface area contributed by atoms with E-state index >= 15 is 0 Å². The fourth-order valence-electron chi connectivity index (χ4n) is 3.39. The van der Waals surface area contributed by atoms with Gasteiger partial charge >= 0.3 is 6.03 Å². The topological polar surface area (TPSA) is 58.1 Å². The first kappa shape index (κ1) is 17.7. The van der Waals surface area contributed by atoms with Gasteiger partial charge in [-0.05, 0) is 18.2 Å². The van der Waals surface area contributed by atoms with Crippen LogP contribution in [0.4, 0.5) is 16.3 Å². The van der Waals surface area contributed by atoms with E-state index in [2.05, 4.69) is 9.88 Å². The maximum Gasteiger partial charge on any atom is 0.324 e. The summed E-state index contributed by atoms with van der Waals surface area (Å²) >= 11 is 6.03. The Hall–Kier alpha value is -2.67. The second kappa shape index (κ2) is 7.52. The number of piperazine rings is 1. The average molecular weight is 389 g/mol. The highest BCUT2D eigenvalue weighted by Gasteiger charge is 2.30. The van der Waals surface area contributed by atoms with Gasteiger partial charge in [0.25, 0.3) is 0 Å². The van der Waals surface area contributed by atoms with Crippen LogP contribution in [0.5, 0.6) is 11.5 Å². The summed E-state index contributed by atoms with van der Waals surface area (Å²) in [6.45, 7) is 3.72. The summed E-state index contributed by atoms with van der Waals surface area (Å²) in [4.78, 5) is 23.3. The van der Waals surface area contributed by atoms with Crippen LogP contribution in [0.1, 0.15) is 0 Å². The number of methoxy groups -OCH3 is 1. The van der Waals surface area contributed by atoms with Gasteiger partial charge in [-0.1, -0.05) is 11.6 Å². The van der Waals surface area contributed by atoms with E-state index in [1.807, 2.05) is 23.1 Å². The number of ether oxygens (including phenoxy) is 2. The van der Waals surface area contributed by atoms with Gasteiger partial charge in [-0.2, -0.15) is 0 Å². The molecule has 0 atom stereocenters. The highest BCUT2D eigenvalue weighted by atomic mass is 35.5. The molecule has 0 radical (unpaired) electrons. The summed E-state index contributed by atoms with van der Waals surface area (Å²) in [5, 5.41) is 0.599. The van der Waals surface area contributed by atoms with Gasteiger partial charge in [0.2, 0.25) is 0 Å². The van der Waals surface area contributed by atoms with Crippen LogP contribution < -0.4 is 19.3 Å². The maximum atomic E-state index is 13.1. The summed E-state index contributed by atoms with van der Waals surface area (Å²) in [6, 6.07) is 9.11. The molecule has 1 aromatic carbocycles. The normalized spacial score (nSPS) is 16.6. The van der Waals surface area contributed by atoms with Gasteiger partial charge in [0.05, 0.1) is 19.3 Å². The predicted octanol–water partition coefficient (Wildman–Crippen LogP) is 2.88. The van der Waals surface area contributed by atoms with E-state index in [4.69, 9.17) is 21.1 Å². The molecule has 142 valence electrons. The second-order valence-electron chi connectivity index (χ2n) is 6.42. The van der Waals surface area contributed by atoms with Crippen LogP contribution in [-0.2, 0) is 0 Å². The van der Waals surface area contributed by atoms with E-state index in [0.29, 0.717) is 37.0 Å². The molecule has 8 heteroatoms. The molecule has 1 saturated heterocycles. The van der Waals surface area contributed by atoms with Gasteiger partial charge in [-0.3, -0.25) is 4.90 Å². The first-order chi connectivity index (χ1) is 13.2. The predicted molar refractivity (Wildman–Crippen MR) is 104 cm³/mol. The number of hydrogen-bond acceptors (Lipinski definition) is 5. The number of amides is 2. The highest BCUT2D eigenvalue weighted by molar-refractivity contribution is 6.30. The fourth-order valence-corrected chi connectivity index (χ4v) is 3.55. The zero-order valence-corrected chi connectivity index (χ0v) is 15.9. The Morgan fingerprint density at radius 1 is 1.15 bits per heavy atom. The lowest BCUT2D eigenvalue weighted by atomic mass is 10.2. The van der Waals surface area contributed by atoms with E-state index in [1.165, 1.54) is 0 Å². The summed E-state index contributed by atoms with van der Waals surface area (Å²) in [7, 11) is 1.64. The molecule has 0 aliphatic carbocycles. The number of carbonyl (C=O) groups excluding carboxylic acids is 1. The Bertz CT molecular complexity index is 839. The summed E-state index contributed by atoms with van der Waals surface area (Å²) in [5.41, 5.74) is 0.771. The zero-order chi connectivity index (χ0) is 18.8.